The molecule has 5 nitrogen and oxygen atoms in total. The van der Waals surface area contributed by atoms with E-state index in [1.54, 1.807) is 6.92 Å². The molecule has 0 bridgehead atoms. The minimum absolute atomic E-state index is 0.0239. The molecule has 1 aromatic rings. The number of aliphatic carboxylic acids is 1. The molecule has 1 saturated heterocycles. The number of carboxylic acid groups (broad SMARTS) is 1. The number of carboxylic acids is 1. The van der Waals surface area contributed by atoms with E-state index >= 15 is 0 Å². The van der Waals surface area contributed by atoms with Crippen molar-refractivity contribution in [2.24, 2.45) is 0 Å². The first-order chi connectivity index (χ1) is 10.8. The monoisotopic (exact) mass is 327 g/mol. The normalized spacial score (nSPS) is 21.9. The average Bonchev–Trinajstić information content (AvgIpc) is 2.85. The summed E-state index contributed by atoms with van der Waals surface area (Å²) in [5.74, 6) is -3.23. The SMILES string of the molecule is CC(CC(=O)NC1(CC(=O)O)CCOC1)c1ccc(F)cc1F. The van der Waals surface area contributed by atoms with Crippen LogP contribution in [0.15, 0.2) is 18.2 Å². The van der Waals surface area contributed by atoms with Crippen molar-refractivity contribution in [1.29, 1.82) is 0 Å². The number of carbonyl (C=O) groups excluding carboxylic acids is 1. The second kappa shape index (κ2) is 7.04. The first-order valence-corrected chi connectivity index (χ1v) is 7.37. The highest BCUT2D eigenvalue weighted by Gasteiger charge is 2.38. The van der Waals surface area contributed by atoms with Gasteiger partial charge in [-0.1, -0.05) is 13.0 Å². The summed E-state index contributed by atoms with van der Waals surface area (Å²) in [6, 6.07) is 3.23. The van der Waals surface area contributed by atoms with Gasteiger partial charge in [-0.3, -0.25) is 9.59 Å². The Morgan fingerprint density at radius 2 is 2.17 bits per heavy atom. The molecule has 0 radical (unpaired) electrons. The number of halogens is 2. The summed E-state index contributed by atoms with van der Waals surface area (Å²) >= 11 is 0. The molecule has 2 rings (SSSR count). The number of nitrogens with one attached hydrogen (secondary N) is 1. The third kappa shape index (κ3) is 4.48. The lowest BCUT2D eigenvalue weighted by Gasteiger charge is -2.27. The molecular weight excluding hydrogens is 308 g/mol. The van der Waals surface area contributed by atoms with Crippen LogP contribution in [0, 0.1) is 11.6 Å². The Balaban J connectivity index is 2.01. The summed E-state index contributed by atoms with van der Waals surface area (Å²) in [5.41, 5.74) is -0.666. The predicted octanol–water partition coefficient (Wildman–Crippen LogP) is 2.21. The van der Waals surface area contributed by atoms with Gasteiger partial charge in [0, 0.05) is 19.1 Å². The van der Waals surface area contributed by atoms with Crippen molar-refractivity contribution in [3.8, 4) is 0 Å². The number of carbonyl (C=O) groups is 2. The zero-order chi connectivity index (χ0) is 17.0. The van der Waals surface area contributed by atoms with Crippen LogP contribution in [0.2, 0.25) is 0 Å². The highest BCUT2D eigenvalue weighted by atomic mass is 19.1. The molecule has 1 heterocycles. The van der Waals surface area contributed by atoms with E-state index in [4.69, 9.17) is 9.84 Å². The lowest BCUT2D eigenvalue weighted by molar-refractivity contribution is -0.139. The third-order valence-electron chi connectivity index (χ3n) is 3.98. The van der Waals surface area contributed by atoms with Crippen molar-refractivity contribution < 1.29 is 28.2 Å². The summed E-state index contributed by atoms with van der Waals surface area (Å²) in [4.78, 5) is 23.2. The molecule has 2 unspecified atom stereocenters. The third-order valence-corrected chi connectivity index (χ3v) is 3.98. The number of amides is 1. The Bertz CT molecular complexity index is 600. The van der Waals surface area contributed by atoms with Gasteiger partial charge in [-0.25, -0.2) is 8.78 Å². The van der Waals surface area contributed by atoms with Crippen LogP contribution in [-0.2, 0) is 14.3 Å². The van der Waals surface area contributed by atoms with Gasteiger partial charge in [0.15, 0.2) is 0 Å². The number of ether oxygens (including phenoxy) is 1. The first kappa shape index (κ1) is 17.3. The highest BCUT2D eigenvalue weighted by Crippen LogP contribution is 2.26. The van der Waals surface area contributed by atoms with Gasteiger partial charge in [-0.05, 0) is 24.0 Å². The molecule has 23 heavy (non-hydrogen) atoms. The van der Waals surface area contributed by atoms with Crippen LogP contribution in [0.25, 0.3) is 0 Å². The summed E-state index contributed by atoms with van der Waals surface area (Å²) in [7, 11) is 0. The van der Waals surface area contributed by atoms with Gasteiger partial charge in [0.25, 0.3) is 0 Å². The molecule has 1 aliphatic rings. The van der Waals surface area contributed by atoms with Crippen molar-refractivity contribution in [2.75, 3.05) is 13.2 Å². The molecule has 1 aromatic carbocycles. The van der Waals surface area contributed by atoms with Crippen molar-refractivity contribution in [3.05, 3.63) is 35.4 Å². The molecule has 1 amide bonds. The van der Waals surface area contributed by atoms with Crippen LogP contribution in [-0.4, -0.2) is 35.7 Å². The largest absolute Gasteiger partial charge is 0.481 e. The van der Waals surface area contributed by atoms with E-state index < -0.39 is 29.1 Å². The maximum Gasteiger partial charge on any atom is 0.305 e. The predicted molar refractivity (Wildman–Crippen MR) is 78.0 cm³/mol. The topological polar surface area (TPSA) is 75.6 Å². The second-order valence-corrected chi connectivity index (χ2v) is 5.97. The lowest BCUT2D eigenvalue weighted by Crippen LogP contribution is -2.50. The van der Waals surface area contributed by atoms with Crippen LogP contribution in [0.5, 0.6) is 0 Å². The van der Waals surface area contributed by atoms with E-state index in [9.17, 15) is 18.4 Å². The molecule has 2 atom stereocenters. The van der Waals surface area contributed by atoms with Crippen molar-refractivity contribution in [3.63, 3.8) is 0 Å². The van der Waals surface area contributed by atoms with E-state index in [0.29, 0.717) is 13.0 Å². The highest BCUT2D eigenvalue weighted by molar-refractivity contribution is 5.79. The summed E-state index contributed by atoms with van der Waals surface area (Å²) < 4.78 is 31.9. The smallest absolute Gasteiger partial charge is 0.305 e. The Morgan fingerprint density at radius 1 is 1.43 bits per heavy atom. The lowest BCUT2D eigenvalue weighted by atomic mass is 9.92. The van der Waals surface area contributed by atoms with Gasteiger partial charge in [0.1, 0.15) is 11.6 Å². The van der Waals surface area contributed by atoms with Gasteiger partial charge in [-0.2, -0.15) is 0 Å². The summed E-state index contributed by atoms with van der Waals surface area (Å²) in [6.07, 6.45) is 0.173. The van der Waals surface area contributed by atoms with Crippen LogP contribution in [0.1, 0.15) is 37.7 Å². The van der Waals surface area contributed by atoms with Crippen molar-refractivity contribution >= 4 is 11.9 Å². The van der Waals surface area contributed by atoms with E-state index in [1.807, 2.05) is 0 Å². The molecule has 0 aromatic heterocycles. The fourth-order valence-electron chi connectivity index (χ4n) is 2.81. The molecule has 1 fully saturated rings. The maximum absolute atomic E-state index is 13.7. The molecule has 1 aliphatic heterocycles. The summed E-state index contributed by atoms with van der Waals surface area (Å²) in [6.45, 7) is 2.19. The van der Waals surface area contributed by atoms with E-state index in [2.05, 4.69) is 5.32 Å². The standard InChI is InChI=1S/C16H19F2NO4/c1-10(12-3-2-11(17)7-13(12)18)6-14(20)19-16(8-15(21)22)4-5-23-9-16/h2-3,7,10H,4-6,8-9H2,1H3,(H,19,20)(H,21,22). The molecule has 0 spiro atoms. The van der Waals surface area contributed by atoms with Crippen molar-refractivity contribution in [2.45, 2.75) is 37.6 Å². The van der Waals surface area contributed by atoms with Crippen LogP contribution >= 0.6 is 0 Å². The van der Waals surface area contributed by atoms with Crippen LogP contribution < -0.4 is 5.32 Å². The molecular formula is C16H19F2NO4. The molecule has 7 heteroatoms. The number of benzene rings is 1. The van der Waals surface area contributed by atoms with Crippen molar-refractivity contribution in [1.82, 2.24) is 5.32 Å². The Morgan fingerprint density at radius 3 is 2.74 bits per heavy atom. The fourth-order valence-corrected chi connectivity index (χ4v) is 2.81. The molecule has 0 aliphatic carbocycles. The summed E-state index contributed by atoms with van der Waals surface area (Å²) in [5, 5.41) is 11.7. The fraction of sp³-hybridized carbons (Fsp3) is 0.500. The van der Waals surface area contributed by atoms with E-state index in [0.717, 1.165) is 12.1 Å². The Labute approximate surface area is 132 Å². The van der Waals surface area contributed by atoms with Gasteiger partial charge in [0.2, 0.25) is 5.91 Å². The number of hydrogen-bond acceptors (Lipinski definition) is 3. The van der Waals surface area contributed by atoms with Gasteiger partial charge in [-0.15, -0.1) is 0 Å². The average molecular weight is 327 g/mol. The zero-order valence-corrected chi connectivity index (χ0v) is 12.8. The first-order valence-electron chi connectivity index (χ1n) is 7.37. The minimum atomic E-state index is -1.02. The maximum atomic E-state index is 13.7. The van der Waals surface area contributed by atoms with Crippen LogP contribution in [0.3, 0.4) is 0 Å². The molecule has 126 valence electrons. The van der Waals surface area contributed by atoms with E-state index in [1.165, 1.54) is 6.07 Å². The van der Waals surface area contributed by atoms with E-state index in [-0.39, 0.29) is 30.9 Å². The Hall–Kier alpha value is -2.02. The van der Waals surface area contributed by atoms with Gasteiger partial charge >= 0.3 is 5.97 Å². The second-order valence-electron chi connectivity index (χ2n) is 5.97. The number of rotatable bonds is 6. The van der Waals surface area contributed by atoms with Gasteiger partial charge in [0.05, 0.1) is 18.6 Å². The minimum Gasteiger partial charge on any atom is -0.481 e. The molecule has 2 N–H and O–H groups in total. The zero-order valence-electron chi connectivity index (χ0n) is 12.8. The number of hydrogen-bond donors (Lipinski definition) is 2. The van der Waals surface area contributed by atoms with Crippen LogP contribution in [0.4, 0.5) is 8.78 Å². The Kier molecular flexibility index (Phi) is 5.30. The quantitative estimate of drug-likeness (QED) is 0.840. The molecule has 0 saturated carbocycles. The van der Waals surface area contributed by atoms with Gasteiger partial charge < -0.3 is 15.2 Å².